The maximum absolute atomic E-state index is 11.7. The minimum atomic E-state index is -0.363. The zero-order valence-electron chi connectivity index (χ0n) is 12.0. The first-order valence-corrected chi connectivity index (χ1v) is 7.35. The molecule has 0 aliphatic carbocycles. The molecule has 0 aliphatic heterocycles. The Labute approximate surface area is 128 Å². The van der Waals surface area contributed by atoms with Crippen LogP contribution < -0.4 is 10.5 Å². The highest BCUT2D eigenvalue weighted by molar-refractivity contribution is 7.99. The van der Waals surface area contributed by atoms with Crippen LogP contribution in [0.15, 0.2) is 52.3 Å². The van der Waals surface area contributed by atoms with Gasteiger partial charge < -0.3 is 15.2 Å². The number of benzene rings is 2. The van der Waals surface area contributed by atoms with Crippen LogP contribution in [-0.4, -0.2) is 19.7 Å². The molecule has 2 rings (SSSR count). The summed E-state index contributed by atoms with van der Waals surface area (Å²) in [6.45, 7) is 2.11. The number of nitrogen functional groups attached to an aromatic ring is 1. The highest BCUT2D eigenvalue weighted by atomic mass is 32.2. The van der Waals surface area contributed by atoms with E-state index in [0.29, 0.717) is 17.9 Å². The molecule has 0 atom stereocenters. The first-order valence-electron chi connectivity index (χ1n) is 6.53. The van der Waals surface area contributed by atoms with Gasteiger partial charge in [-0.3, -0.25) is 0 Å². The molecule has 2 aromatic carbocycles. The molecule has 0 unspecified atom stereocenters. The number of methoxy groups -OCH3 is 1. The number of carbonyl (C=O) groups is 1. The second-order valence-electron chi connectivity index (χ2n) is 4.23. The molecule has 0 saturated heterocycles. The van der Waals surface area contributed by atoms with Crippen molar-refractivity contribution < 1.29 is 14.3 Å². The van der Waals surface area contributed by atoms with Gasteiger partial charge in [0.25, 0.3) is 0 Å². The highest BCUT2D eigenvalue weighted by Gasteiger charge is 2.11. The van der Waals surface area contributed by atoms with Crippen molar-refractivity contribution in [2.45, 2.75) is 16.7 Å². The van der Waals surface area contributed by atoms with Crippen molar-refractivity contribution in [1.29, 1.82) is 0 Å². The van der Waals surface area contributed by atoms with Gasteiger partial charge in [-0.1, -0.05) is 23.9 Å². The van der Waals surface area contributed by atoms with Crippen LogP contribution in [0.2, 0.25) is 0 Å². The van der Waals surface area contributed by atoms with E-state index in [1.807, 2.05) is 30.3 Å². The molecular formula is C16H17NO3S. The second kappa shape index (κ2) is 7.04. The van der Waals surface area contributed by atoms with Crippen molar-refractivity contribution in [2.24, 2.45) is 0 Å². The van der Waals surface area contributed by atoms with Crippen LogP contribution in [0.1, 0.15) is 17.3 Å². The highest BCUT2D eigenvalue weighted by Crippen LogP contribution is 2.37. The summed E-state index contributed by atoms with van der Waals surface area (Å²) in [5.74, 6) is 0.425. The zero-order valence-corrected chi connectivity index (χ0v) is 12.8. The largest absolute Gasteiger partial charge is 0.496 e. The van der Waals surface area contributed by atoms with Gasteiger partial charge in [0.15, 0.2) is 0 Å². The van der Waals surface area contributed by atoms with Crippen LogP contribution >= 0.6 is 11.8 Å². The lowest BCUT2D eigenvalue weighted by molar-refractivity contribution is 0.0526. The van der Waals surface area contributed by atoms with Gasteiger partial charge in [0.05, 0.1) is 24.2 Å². The topological polar surface area (TPSA) is 61.5 Å². The number of anilines is 1. The van der Waals surface area contributed by atoms with Crippen LogP contribution in [0, 0.1) is 0 Å². The molecule has 0 saturated carbocycles. The molecule has 4 nitrogen and oxygen atoms in total. The Morgan fingerprint density at radius 1 is 1.19 bits per heavy atom. The van der Waals surface area contributed by atoms with Gasteiger partial charge in [0.1, 0.15) is 5.75 Å². The van der Waals surface area contributed by atoms with Crippen LogP contribution in [0.4, 0.5) is 5.69 Å². The number of para-hydroxylation sites is 1. The minimum Gasteiger partial charge on any atom is -0.496 e. The van der Waals surface area contributed by atoms with Crippen molar-refractivity contribution in [1.82, 2.24) is 0 Å². The summed E-state index contributed by atoms with van der Waals surface area (Å²) in [6, 6.07) is 12.9. The van der Waals surface area contributed by atoms with Crippen molar-refractivity contribution in [3.05, 3.63) is 48.0 Å². The van der Waals surface area contributed by atoms with Gasteiger partial charge >= 0.3 is 5.97 Å². The predicted octanol–water partition coefficient (Wildman–Crippen LogP) is 3.61. The van der Waals surface area contributed by atoms with E-state index in [0.717, 1.165) is 15.5 Å². The van der Waals surface area contributed by atoms with Gasteiger partial charge in [0, 0.05) is 10.6 Å². The monoisotopic (exact) mass is 303 g/mol. The fourth-order valence-corrected chi connectivity index (χ4v) is 2.75. The summed E-state index contributed by atoms with van der Waals surface area (Å²) in [7, 11) is 1.63. The Morgan fingerprint density at radius 3 is 2.62 bits per heavy atom. The Hall–Kier alpha value is -2.14. The number of esters is 1. The summed E-state index contributed by atoms with van der Waals surface area (Å²) in [5, 5.41) is 0. The molecule has 110 valence electrons. The molecule has 0 aliphatic rings. The van der Waals surface area contributed by atoms with E-state index in [9.17, 15) is 4.79 Å². The van der Waals surface area contributed by atoms with E-state index in [-0.39, 0.29) is 5.97 Å². The van der Waals surface area contributed by atoms with Gasteiger partial charge in [-0.05, 0) is 37.3 Å². The summed E-state index contributed by atoms with van der Waals surface area (Å²) < 4.78 is 10.3. The maximum Gasteiger partial charge on any atom is 0.338 e. The van der Waals surface area contributed by atoms with E-state index in [1.54, 1.807) is 26.2 Å². The lowest BCUT2D eigenvalue weighted by atomic mass is 10.2. The van der Waals surface area contributed by atoms with Gasteiger partial charge in [-0.25, -0.2) is 4.79 Å². The number of hydrogen-bond donors (Lipinski definition) is 1. The molecule has 0 heterocycles. The van der Waals surface area contributed by atoms with Crippen molar-refractivity contribution in [2.75, 3.05) is 19.5 Å². The summed E-state index contributed by atoms with van der Waals surface area (Å²) in [6.07, 6.45) is 0. The summed E-state index contributed by atoms with van der Waals surface area (Å²) >= 11 is 1.50. The first-order chi connectivity index (χ1) is 10.2. The quantitative estimate of drug-likeness (QED) is 0.675. The predicted molar refractivity (Wildman–Crippen MR) is 83.9 cm³/mol. The van der Waals surface area contributed by atoms with E-state index in [2.05, 4.69) is 0 Å². The number of nitrogens with two attached hydrogens (primary N) is 1. The third kappa shape index (κ3) is 3.70. The van der Waals surface area contributed by atoms with Gasteiger partial charge in [-0.15, -0.1) is 0 Å². The van der Waals surface area contributed by atoms with E-state index in [4.69, 9.17) is 15.2 Å². The smallest absolute Gasteiger partial charge is 0.338 e. The molecule has 0 fully saturated rings. The molecule has 2 N–H and O–H groups in total. The van der Waals surface area contributed by atoms with Gasteiger partial charge in [-0.2, -0.15) is 0 Å². The Bertz CT molecular complexity index is 643. The second-order valence-corrected chi connectivity index (χ2v) is 5.31. The fraction of sp³-hybridized carbons (Fsp3) is 0.188. The Kier molecular flexibility index (Phi) is 5.11. The molecular weight excluding hydrogens is 286 g/mol. The lowest BCUT2D eigenvalue weighted by Crippen LogP contribution is -2.05. The Balaban J connectivity index is 2.23. The zero-order chi connectivity index (χ0) is 15.2. The first kappa shape index (κ1) is 15.3. The normalized spacial score (nSPS) is 10.2. The molecule has 0 bridgehead atoms. The van der Waals surface area contributed by atoms with E-state index in [1.165, 1.54) is 11.8 Å². The third-order valence-electron chi connectivity index (χ3n) is 2.81. The van der Waals surface area contributed by atoms with Crippen LogP contribution in [0.5, 0.6) is 5.75 Å². The van der Waals surface area contributed by atoms with Gasteiger partial charge in [0.2, 0.25) is 0 Å². The Morgan fingerprint density at radius 2 is 1.95 bits per heavy atom. The van der Waals surface area contributed by atoms with Crippen LogP contribution in [0.25, 0.3) is 0 Å². The molecule has 0 amide bonds. The molecule has 0 spiro atoms. The number of carbonyl (C=O) groups excluding carboxylic acids is 1. The van der Waals surface area contributed by atoms with Crippen molar-refractivity contribution in [3.8, 4) is 5.75 Å². The summed E-state index contributed by atoms with van der Waals surface area (Å²) in [4.78, 5) is 13.5. The standard InChI is InChI=1S/C16H17NO3S/c1-3-20-16(18)11-8-9-14(12(17)10-11)21-15-7-5-4-6-13(15)19-2/h4-10H,3,17H2,1-2H3. The molecule has 21 heavy (non-hydrogen) atoms. The minimum absolute atomic E-state index is 0.344. The van der Waals surface area contributed by atoms with Crippen molar-refractivity contribution in [3.63, 3.8) is 0 Å². The molecule has 0 aromatic heterocycles. The molecule has 0 radical (unpaired) electrons. The number of rotatable bonds is 5. The number of hydrogen-bond acceptors (Lipinski definition) is 5. The average Bonchev–Trinajstić information content (AvgIpc) is 2.50. The van der Waals surface area contributed by atoms with Crippen molar-refractivity contribution >= 4 is 23.4 Å². The summed E-state index contributed by atoms with van der Waals surface area (Å²) in [5.41, 5.74) is 7.02. The van der Waals surface area contributed by atoms with Crippen LogP contribution in [-0.2, 0) is 4.74 Å². The fourth-order valence-electron chi connectivity index (χ4n) is 1.80. The number of ether oxygens (including phenoxy) is 2. The third-order valence-corrected chi connectivity index (χ3v) is 3.96. The molecule has 5 heteroatoms. The van der Waals surface area contributed by atoms with Crippen LogP contribution in [0.3, 0.4) is 0 Å². The SMILES string of the molecule is CCOC(=O)c1ccc(Sc2ccccc2OC)c(N)c1. The maximum atomic E-state index is 11.7. The van der Waals surface area contributed by atoms with E-state index < -0.39 is 0 Å². The van der Waals surface area contributed by atoms with E-state index >= 15 is 0 Å². The molecule has 2 aromatic rings. The average molecular weight is 303 g/mol. The lowest BCUT2D eigenvalue weighted by Gasteiger charge is -2.10.